The summed E-state index contributed by atoms with van der Waals surface area (Å²) in [4.78, 5) is 0. The lowest BCUT2D eigenvalue weighted by Gasteiger charge is -2.11. The summed E-state index contributed by atoms with van der Waals surface area (Å²) in [5, 5.41) is -0.158. The van der Waals surface area contributed by atoms with Gasteiger partial charge in [-0.2, -0.15) is 0 Å². The summed E-state index contributed by atoms with van der Waals surface area (Å²) >= 11 is 0. The van der Waals surface area contributed by atoms with Crippen LogP contribution in [0, 0.1) is 5.92 Å². The second-order valence-electron chi connectivity index (χ2n) is 3.91. The van der Waals surface area contributed by atoms with Crippen LogP contribution in [0.5, 0.6) is 0 Å². The third-order valence-electron chi connectivity index (χ3n) is 2.41. The smallest absolute Gasteiger partial charge is 0.151 e. The molecule has 1 aliphatic rings. The number of sulfone groups is 1. The minimum atomic E-state index is -2.91. The third-order valence-corrected chi connectivity index (χ3v) is 6.44. The first kappa shape index (κ1) is 12.1. The molecule has 1 saturated heterocycles. The van der Waals surface area contributed by atoms with Crippen molar-refractivity contribution >= 4 is 20.6 Å². The van der Waals surface area contributed by atoms with Gasteiger partial charge in [-0.25, -0.2) is 8.42 Å². The topological polar surface area (TPSA) is 77.2 Å². The average Bonchev–Trinajstić information content (AvgIpc) is 2.46. The first-order chi connectivity index (χ1) is 6.44. The maximum atomic E-state index is 11.7. The van der Waals surface area contributed by atoms with E-state index in [-0.39, 0.29) is 22.7 Å². The Morgan fingerprint density at radius 3 is 2.64 bits per heavy atom. The number of nitrogens with two attached hydrogens (primary N) is 1. The van der Waals surface area contributed by atoms with Crippen molar-refractivity contribution in [3.05, 3.63) is 0 Å². The van der Waals surface area contributed by atoms with Crippen LogP contribution in [0.15, 0.2) is 0 Å². The molecule has 0 bridgehead atoms. The van der Waals surface area contributed by atoms with Gasteiger partial charge in [0.15, 0.2) is 9.84 Å². The fourth-order valence-electron chi connectivity index (χ4n) is 1.45. The summed E-state index contributed by atoms with van der Waals surface area (Å²) in [6, 6.07) is 0. The average molecular weight is 239 g/mol. The minimum absolute atomic E-state index is 0.0941. The molecule has 1 heterocycles. The predicted octanol–water partition coefficient (Wildman–Crippen LogP) is -0.483. The molecular weight excluding hydrogens is 222 g/mol. The van der Waals surface area contributed by atoms with Crippen LogP contribution in [0.2, 0.25) is 0 Å². The Morgan fingerprint density at radius 2 is 2.21 bits per heavy atom. The summed E-state index contributed by atoms with van der Waals surface area (Å²) in [6.07, 6.45) is 0.548. The molecule has 3 unspecified atom stereocenters. The number of hydrogen-bond donors (Lipinski definition) is 1. The van der Waals surface area contributed by atoms with Crippen molar-refractivity contribution in [1.82, 2.24) is 0 Å². The third kappa shape index (κ3) is 3.33. The Morgan fingerprint density at radius 1 is 1.57 bits per heavy atom. The lowest BCUT2D eigenvalue weighted by Crippen LogP contribution is -2.25. The normalized spacial score (nSPS) is 30.0. The van der Waals surface area contributed by atoms with E-state index in [9.17, 15) is 12.6 Å². The van der Waals surface area contributed by atoms with E-state index in [0.29, 0.717) is 18.7 Å². The van der Waals surface area contributed by atoms with Crippen LogP contribution in [-0.4, -0.2) is 41.7 Å². The predicted molar refractivity (Wildman–Crippen MR) is 58.3 cm³/mol. The van der Waals surface area contributed by atoms with Crippen LogP contribution in [0.3, 0.4) is 0 Å². The molecular formula is C8H17NO3S2. The maximum Gasteiger partial charge on any atom is 0.151 e. The van der Waals surface area contributed by atoms with Crippen LogP contribution < -0.4 is 5.73 Å². The highest BCUT2D eigenvalue weighted by molar-refractivity contribution is 7.94. The van der Waals surface area contributed by atoms with E-state index in [1.54, 1.807) is 0 Å². The Labute approximate surface area is 87.6 Å². The molecule has 0 amide bonds. The van der Waals surface area contributed by atoms with Crippen molar-refractivity contribution in [2.45, 2.75) is 18.6 Å². The van der Waals surface area contributed by atoms with Gasteiger partial charge in [0.1, 0.15) is 0 Å². The van der Waals surface area contributed by atoms with Gasteiger partial charge < -0.3 is 5.73 Å². The minimum Gasteiger partial charge on any atom is -0.330 e. The molecule has 4 nitrogen and oxygen atoms in total. The van der Waals surface area contributed by atoms with Gasteiger partial charge in [-0.3, -0.25) is 4.21 Å². The highest BCUT2D eigenvalue weighted by atomic mass is 32.2. The van der Waals surface area contributed by atoms with E-state index < -0.39 is 20.6 Å². The lowest BCUT2D eigenvalue weighted by atomic mass is 10.2. The van der Waals surface area contributed by atoms with Crippen LogP contribution in [-0.2, 0) is 20.6 Å². The first-order valence-electron chi connectivity index (χ1n) is 4.72. The first-order valence-corrected chi connectivity index (χ1v) is 7.92. The number of hydrogen-bond acceptors (Lipinski definition) is 4. The van der Waals surface area contributed by atoms with Crippen molar-refractivity contribution in [3.63, 3.8) is 0 Å². The van der Waals surface area contributed by atoms with Crippen molar-refractivity contribution in [2.75, 3.05) is 23.8 Å². The highest BCUT2D eigenvalue weighted by Crippen LogP contribution is 2.18. The van der Waals surface area contributed by atoms with Gasteiger partial charge in [-0.1, -0.05) is 6.92 Å². The Bertz CT molecular complexity index is 313. The van der Waals surface area contributed by atoms with Crippen molar-refractivity contribution in [3.8, 4) is 0 Å². The Balaban J connectivity index is 2.48. The van der Waals surface area contributed by atoms with Gasteiger partial charge in [0, 0.05) is 21.8 Å². The molecule has 1 rings (SSSR count). The summed E-state index contributed by atoms with van der Waals surface area (Å²) in [5.74, 6) is 1.02. The maximum absolute atomic E-state index is 11.7. The molecule has 14 heavy (non-hydrogen) atoms. The molecule has 84 valence electrons. The fourth-order valence-corrected chi connectivity index (χ4v) is 5.72. The summed E-state index contributed by atoms with van der Waals surface area (Å²) in [7, 11) is -3.94. The molecule has 0 aliphatic carbocycles. The zero-order valence-electron chi connectivity index (χ0n) is 8.31. The largest absolute Gasteiger partial charge is 0.330 e. The molecule has 0 aromatic carbocycles. The van der Waals surface area contributed by atoms with Crippen LogP contribution in [0.1, 0.15) is 13.3 Å². The van der Waals surface area contributed by atoms with Gasteiger partial charge in [0.05, 0.1) is 11.5 Å². The molecule has 3 atom stereocenters. The molecule has 6 heteroatoms. The summed E-state index contributed by atoms with van der Waals surface area (Å²) < 4.78 is 34.0. The molecule has 0 radical (unpaired) electrons. The van der Waals surface area contributed by atoms with Crippen molar-refractivity contribution in [2.24, 2.45) is 11.7 Å². The molecule has 0 aromatic rings. The van der Waals surface area contributed by atoms with Gasteiger partial charge in [0.2, 0.25) is 0 Å². The van der Waals surface area contributed by atoms with Gasteiger partial charge >= 0.3 is 0 Å². The Kier molecular flexibility index (Phi) is 4.09. The molecule has 1 fully saturated rings. The van der Waals surface area contributed by atoms with Gasteiger partial charge in [-0.05, 0) is 18.9 Å². The second-order valence-corrected chi connectivity index (χ2v) is 7.90. The van der Waals surface area contributed by atoms with E-state index in [1.165, 1.54) is 0 Å². The van der Waals surface area contributed by atoms with Gasteiger partial charge in [-0.15, -0.1) is 0 Å². The number of rotatable bonds is 4. The van der Waals surface area contributed by atoms with E-state index in [2.05, 4.69) is 0 Å². The quantitative estimate of drug-likeness (QED) is 0.718. The van der Waals surface area contributed by atoms with Crippen molar-refractivity contribution < 1.29 is 12.6 Å². The SMILES string of the molecule is CC(CN)CS(=O)C1CCS(=O)(=O)C1. The molecule has 0 aromatic heterocycles. The van der Waals surface area contributed by atoms with Crippen molar-refractivity contribution in [1.29, 1.82) is 0 Å². The molecule has 1 aliphatic heterocycles. The monoisotopic (exact) mass is 239 g/mol. The fraction of sp³-hybridized carbons (Fsp3) is 1.00. The van der Waals surface area contributed by atoms with Crippen LogP contribution in [0.25, 0.3) is 0 Å². The zero-order valence-corrected chi connectivity index (χ0v) is 9.94. The lowest BCUT2D eigenvalue weighted by molar-refractivity contribution is 0.601. The molecule has 0 saturated carbocycles. The van der Waals surface area contributed by atoms with E-state index in [1.807, 2.05) is 6.92 Å². The molecule has 2 N–H and O–H groups in total. The standard InChI is InChI=1S/C8H17NO3S2/c1-7(4-9)5-13(10)8-2-3-14(11,12)6-8/h7-8H,2-6,9H2,1H3. The van der Waals surface area contributed by atoms with E-state index >= 15 is 0 Å². The highest BCUT2D eigenvalue weighted by Gasteiger charge is 2.32. The zero-order chi connectivity index (χ0) is 10.8. The Hall–Kier alpha value is 0.0600. The molecule has 0 spiro atoms. The summed E-state index contributed by atoms with van der Waals surface area (Å²) in [6.45, 7) is 2.44. The summed E-state index contributed by atoms with van der Waals surface area (Å²) in [5.41, 5.74) is 5.42. The van der Waals surface area contributed by atoms with E-state index in [4.69, 9.17) is 5.73 Å². The van der Waals surface area contributed by atoms with E-state index in [0.717, 1.165) is 0 Å². The second kappa shape index (κ2) is 4.72. The van der Waals surface area contributed by atoms with Crippen LogP contribution in [0.4, 0.5) is 0 Å². The van der Waals surface area contributed by atoms with Gasteiger partial charge in [0.25, 0.3) is 0 Å². The van der Waals surface area contributed by atoms with Crippen LogP contribution >= 0.6 is 0 Å².